The van der Waals surface area contributed by atoms with E-state index in [0.29, 0.717) is 23.2 Å². The van der Waals surface area contributed by atoms with Crippen molar-refractivity contribution in [3.63, 3.8) is 0 Å². The third kappa shape index (κ3) is 2.94. The summed E-state index contributed by atoms with van der Waals surface area (Å²) in [6, 6.07) is 3.55. The number of carboxylic acid groups (broad SMARTS) is 1. The van der Waals surface area contributed by atoms with Gasteiger partial charge in [-0.25, -0.2) is 4.79 Å². The minimum atomic E-state index is -1.05. The minimum Gasteiger partial charge on any atom is -0.478 e. The Kier molecular flexibility index (Phi) is 4.35. The van der Waals surface area contributed by atoms with Crippen LogP contribution in [0.3, 0.4) is 0 Å². The molecular formula is C17H23NO3. The van der Waals surface area contributed by atoms with Crippen LogP contribution in [0.25, 0.3) is 0 Å². The summed E-state index contributed by atoms with van der Waals surface area (Å²) in [5, 5.41) is 12.3. The van der Waals surface area contributed by atoms with Crippen molar-refractivity contribution < 1.29 is 14.7 Å². The van der Waals surface area contributed by atoms with Crippen molar-refractivity contribution in [2.75, 3.05) is 6.54 Å². The van der Waals surface area contributed by atoms with Crippen LogP contribution in [0.5, 0.6) is 0 Å². The highest BCUT2D eigenvalue weighted by Crippen LogP contribution is 2.43. The second kappa shape index (κ2) is 5.88. The first-order valence-corrected chi connectivity index (χ1v) is 7.52. The normalized spacial score (nSPS) is 16.1. The molecule has 1 aliphatic carbocycles. The van der Waals surface area contributed by atoms with Gasteiger partial charge in [-0.05, 0) is 49.7 Å². The predicted molar refractivity (Wildman–Crippen MR) is 81.8 cm³/mol. The third-order valence-electron chi connectivity index (χ3n) is 4.85. The molecule has 1 aliphatic rings. The average Bonchev–Trinajstić information content (AvgIpc) is 2.39. The van der Waals surface area contributed by atoms with Crippen LogP contribution in [0.2, 0.25) is 0 Å². The van der Waals surface area contributed by atoms with Crippen molar-refractivity contribution in [3.8, 4) is 0 Å². The molecule has 1 fully saturated rings. The summed E-state index contributed by atoms with van der Waals surface area (Å²) in [7, 11) is 0. The summed E-state index contributed by atoms with van der Waals surface area (Å²) in [6.45, 7) is 6.28. The smallest absolute Gasteiger partial charge is 0.336 e. The second-order valence-electron chi connectivity index (χ2n) is 6.14. The molecule has 2 rings (SSSR count). The number of carboxylic acids is 1. The lowest BCUT2D eigenvalue weighted by Gasteiger charge is -2.41. The molecule has 21 heavy (non-hydrogen) atoms. The summed E-state index contributed by atoms with van der Waals surface area (Å²) in [5.41, 5.74) is 1.96. The van der Waals surface area contributed by atoms with E-state index in [0.717, 1.165) is 19.3 Å². The van der Waals surface area contributed by atoms with Gasteiger partial charge >= 0.3 is 5.97 Å². The van der Waals surface area contributed by atoms with E-state index >= 15 is 0 Å². The highest BCUT2D eigenvalue weighted by atomic mass is 16.4. The van der Waals surface area contributed by atoms with Gasteiger partial charge < -0.3 is 10.4 Å². The Morgan fingerprint density at radius 3 is 2.19 bits per heavy atom. The SMILES string of the molecule is CCC1(CNC(=O)c2c(C)ccc(C)c2C(=O)O)CCC1. The van der Waals surface area contributed by atoms with Crippen LogP contribution in [0.15, 0.2) is 12.1 Å². The number of hydrogen-bond donors (Lipinski definition) is 2. The van der Waals surface area contributed by atoms with E-state index in [4.69, 9.17) is 0 Å². The van der Waals surface area contributed by atoms with E-state index in [1.54, 1.807) is 26.0 Å². The molecule has 1 amide bonds. The van der Waals surface area contributed by atoms with Gasteiger partial charge in [0.15, 0.2) is 0 Å². The maximum atomic E-state index is 12.5. The molecule has 4 heteroatoms. The van der Waals surface area contributed by atoms with E-state index in [9.17, 15) is 14.7 Å². The molecule has 4 nitrogen and oxygen atoms in total. The fourth-order valence-corrected chi connectivity index (χ4v) is 3.07. The molecule has 1 saturated carbocycles. The van der Waals surface area contributed by atoms with E-state index in [1.807, 2.05) is 0 Å². The molecule has 0 aliphatic heterocycles. The standard InChI is InChI=1S/C17H23NO3/c1-4-17(8-5-9-17)10-18-15(19)13-11(2)6-7-12(3)14(13)16(20)21/h6-7H,4-5,8-10H2,1-3H3,(H,18,19)(H,20,21). The van der Waals surface area contributed by atoms with Gasteiger partial charge in [0.05, 0.1) is 11.1 Å². The first-order chi connectivity index (χ1) is 9.90. The molecule has 0 atom stereocenters. The molecule has 0 spiro atoms. The van der Waals surface area contributed by atoms with Crippen molar-refractivity contribution in [1.29, 1.82) is 0 Å². The number of carbonyl (C=O) groups excluding carboxylic acids is 1. The van der Waals surface area contributed by atoms with Gasteiger partial charge in [-0.1, -0.05) is 25.5 Å². The van der Waals surface area contributed by atoms with Gasteiger partial charge in [0.2, 0.25) is 0 Å². The van der Waals surface area contributed by atoms with Crippen molar-refractivity contribution in [1.82, 2.24) is 5.32 Å². The lowest BCUT2D eigenvalue weighted by Crippen LogP contribution is -2.42. The largest absolute Gasteiger partial charge is 0.478 e. The molecule has 0 radical (unpaired) electrons. The predicted octanol–water partition coefficient (Wildman–Crippen LogP) is 3.31. The van der Waals surface area contributed by atoms with Gasteiger partial charge in [-0.15, -0.1) is 0 Å². The van der Waals surface area contributed by atoms with Gasteiger partial charge in [-0.2, -0.15) is 0 Å². The summed E-state index contributed by atoms with van der Waals surface area (Å²) in [4.78, 5) is 23.9. The summed E-state index contributed by atoms with van der Waals surface area (Å²) in [6.07, 6.45) is 4.55. The van der Waals surface area contributed by atoms with Gasteiger partial charge in [0.1, 0.15) is 0 Å². The molecule has 114 valence electrons. The second-order valence-corrected chi connectivity index (χ2v) is 6.14. The molecule has 1 aromatic carbocycles. The summed E-state index contributed by atoms with van der Waals surface area (Å²) in [5.74, 6) is -1.32. The van der Waals surface area contributed by atoms with Crippen LogP contribution in [0, 0.1) is 19.3 Å². The lowest BCUT2D eigenvalue weighted by molar-refractivity contribution is 0.0687. The van der Waals surface area contributed by atoms with Crippen LogP contribution in [0.1, 0.15) is 64.4 Å². The zero-order valence-corrected chi connectivity index (χ0v) is 13.0. The number of nitrogens with one attached hydrogen (secondary N) is 1. The quantitative estimate of drug-likeness (QED) is 0.874. The first-order valence-electron chi connectivity index (χ1n) is 7.52. The molecule has 0 unspecified atom stereocenters. The van der Waals surface area contributed by atoms with Crippen LogP contribution >= 0.6 is 0 Å². The van der Waals surface area contributed by atoms with Crippen molar-refractivity contribution in [2.24, 2.45) is 5.41 Å². The monoisotopic (exact) mass is 289 g/mol. The Balaban J connectivity index is 2.23. The van der Waals surface area contributed by atoms with Gasteiger partial charge in [0.25, 0.3) is 5.91 Å². The summed E-state index contributed by atoms with van der Waals surface area (Å²) >= 11 is 0. The number of aromatic carboxylic acids is 1. The van der Waals surface area contributed by atoms with Gasteiger partial charge in [0, 0.05) is 6.54 Å². The fourth-order valence-electron chi connectivity index (χ4n) is 3.07. The highest BCUT2D eigenvalue weighted by molar-refractivity contribution is 6.06. The molecule has 0 aromatic heterocycles. The van der Waals surface area contributed by atoms with Crippen molar-refractivity contribution in [2.45, 2.75) is 46.5 Å². The van der Waals surface area contributed by atoms with E-state index in [2.05, 4.69) is 12.2 Å². The number of hydrogen-bond acceptors (Lipinski definition) is 2. The Morgan fingerprint density at radius 2 is 1.76 bits per heavy atom. The zero-order valence-electron chi connectivity index (χ0n) is 13.0. The van der Waals surface area contributed by atoms with Crippen LogP contribution in [0.4, 0.5) is 0 Å². The van der Waals surface area contributed by atoms with Crippen LogP contribution in [-0.2, 0) is 0 Å². The number of rotatable bonds is 5. The maximum Gasteiger partial charge on any atom is 0.336 e. The number of benzene rings is 1. The van der Waals surface area contributed by atoms with E-state index < -0.39 is 5.97 Å². The van der Waals surface area contributed by atoms with E-state index in [1.165, 1.54) is 6.42 Å². The van der Waals surface area contributed by atoms with E-state index in [-0.39, 0.29) is 16.9 Å². The van der Waals surface area contributed by atoms with Crippen molar-refractivity contribution in [3.05, 3.63) is 34.4 Å². The lowest BCUT2D eigenvalue weighted by atomic mass is 9.67. The number of aryl methyl sites for hydroxylation is 2. The highest BCUT2D eigenvalue weighted by Gasteiger charge is 2.35. The van der Waals surface area contributed by atoms with Gasteiger partial charge in [-0.3, -0.25) is 4.79 Å². The Hall–Kier alpha value is -1.84. The first kappa shape index (κ1) is 15.5. The van der Waals surface area contributed by atoms with Crippen molar-refractivity contribution >= 4 is 11.9 Å². The Labute approximate surface area is 125 Å². The molecule has 2 N–H and O–H groups in total. The maximum absolute atomic E-state index is 12.5. The van der Waals surface area contributed by atoms with Crippen LogP contribution in [-0.4, -0.2) is 23.5 Å². The molecule has 0 heterocycles. The topological polar surface area (TPSA) is 66.4 Å². The molecular weight excluding hydrogens is 266 g/mol. The third-order valence-corrected chi connectivity index (χ3v) is 4.85. The number of carbonyl (C=O) groups is 2. The van der Waals surface area contributed by atoms with Crippen LogP contribution < -0.4 is 5.32 Å². The summed E-state index contributed by atoms with van der Waals surface area (Å²) < 4.78 is 0. The molecule has 1 aromatic rings. The zero-order chi connectivity index (χ0) is 15.6. The minimum absolute atomic E-state index is 0.117. The molecule has 0 bridgehead atoms. The molecule has 0 saturated heterocycles. The Morgan fingerprint density at radius 1 is 1.19 bits per heavy atom. The average molecular weight is 289 g/mol. The number of amides is 1. The fraction of sp³-hybridized carbons (Fsp3) is 0.529. The Bertz CT molecular complexity index is 568.